The molecule has 1 saturated heterocycles. The van der Waals surface area contributed by atoms with Gasteiger partial charge in [0.15, 0.2) is 5.76 Å². The summed E-state index contributed by atoms with van der Waals surface area (Å²) in [6.45, 7) is 6.35. The summed E-state index contributed by atoms with van der Waals surface area (Å²) in [7, 11) is 0. The van der Waals surface area contributed by atoms with Gasteiger partial charge in [-0.15, -0.1) is 0 Å². The van der Waals surface area contributed by atoms with Crippen molar-refractivity contribution in [2.75, 3.05) is 32.8 Å². The van der Waals surface area contributed by atoms with E-state index in [4.69, 9.17) is 21.1 Å². The molecule has 3 aromatic carbocycles. The van der Waals surface area contributed by atoms with Crippen molar-refractivity contribution >= 4 is 17.4 Å². The molecule has 3 nitrogen and oxygen atoms in total. The second-order valence-corrected chi connectivity index (χ2v) is 9.24. The molecule has 2 heterocycles. The quantitative estimate of drug-likeness (QED) is 0.565. The van der Waals surface area contributed by atoms with E-state index >= 15 is 0 Å². The summed E-state index contributed by atoms with van der Waals surface area (Å²) in [6.07, 6.45) is 2.23. The third kappa shape index (κ3) is 4.80. The molecule has 34 heavy (non-hydrogen) atoms. The third-order valence-corrected chi connectivity index (χ3v) is 6.92. The lowest BCUT2D eigenvalue weighted by Crippen LogP contribution is -3.13. The molecule has 0 amide bonds. The summed E-state index contributed by atoms with van der Waals surface area (Å²) >= 11 is 7.19. The first-order chi connectivity index (χ1) is 16.6. The van der Waals surface area contributed by atoms with Gasteiger partial charge in [0.05, 0.1) is 24.8 Å². The molecule has 0 spiro atoms. The van der Waals surface area contributed by atoms with Crippen molar-refractivity contribution in [2.45, 2.75) is 12.8 Å². The average Bonchev–Trinajstić information content (AvgIpc) is 2.99. The van der Waals surface area contributed by atoms with Crippen molar-refractivity contribution in [3.05, 3.63) is 118 Å². The highest BCUT2D eigenvalue weighted by Crippen LogP contribution is 2.47. The van der Waals surface area contributed by atoms with Gasteiger partial charge >= 0.3 is 0 Å². The Morgan fingerprint density at radius 2 is 1.68 bits per heavy atom. The van der Waals surface area contributed by atoms with Crippen molar-refractivity contribution in [2.24, 2.45) is 0 Å². The van der Waals surface area contributed by atoms with Gasteiger partial charge in [-0.3, -0.25) is 0 Å². The predicted molar refractivity (Wildman–Crippen MR) is 134 cm³/mol. The monoisotopic (exact) mass is 476 g/mol. The average molecular weight is 477 g/mol. The molecule has 0 radical (unpaired) electrons. The lowest BCUT2D eigenvalue weighted by atomic mass is 9.83. The van der Waals surface area contributed by atoms with Crippen molar-refractivity contribution < 1.29 is 18.8 Å². The molecule has 2 aliphatic heterocycles. The minimum Gasteiger partial charge on any atom is -0.455 e. The number of nitrogens with one attached hydrogen (secondary N) is 1. The maximum atomic E-state index is 13.8. The summed E-state index contributed by atoms with van der Waals surface area (Å²) < 4.78 is 25.9. The lowest BCUT2D eigenvalue weighted by molar-refractivity contribution is -0.902. The molecule has 2 aliphatic rings. The van der Waals surface area contributed by atoms with Gasteiger partial charge in [-0.1, -0.05) is 71.8 Å². The van der Waals surface area contributed by atoms with E-state index in [1.807, 2.05) is 42.5 Å². The van der Waals surface area contributed by atoms with Crippen LogP contribution in [-0.4, -0.2) is 32.8 Å². The Kier molecular flexibility index (Phi) is 6.82. The molecule has 174 valence electrons. The largest absolute Gasteiger partial charge is 0.455 e. The number of para-hydroxylation sites is 1. The second kappa shape index (κ2) is 10.1. The van der Waals surface area contributed by atoms with E-state index in [1.54, 1.807) is 0 Å². The summed E-state index contributed by atoms with van der Waals surface area (Å²) in [5.74, 6) is 0.967. The van der Waals surface area contributed by atoms with Crippen LogP contribution in [0.2, 0.25) is 0 Å². The minimum absolute atomic E-state index is 0.173. The normalized spacial score (nSPS) is 20.1. The van der Waals surface area contributed by atoms with E-state index in [1.165, 1.54) is 22.6 Å². The zero-order valence-electron chi connectivity index (χ0n) is 19.2. The molecule has 5 rings (SSSR count). The minimum atomic E-state index is -0.257. The molecule has 0 saturated carbocycles. The molecule has 0 aromatic heterocycles. The number of fused-ring (bicyclic) bond motifs is 1. The van der Waals surface area contributed by atoms with Gasteiger partial charge in [0.25, 0.3) is 0 Å². The Labute approximate surface area is 205 Å². The van der Waals surface area contributed by atoms with Crippen molar-refractivity contribution in [1.82, 2.24) is 0 Å². The van der Waals surface area contributed by atoms with Gasteiger partial charge in [-0.05, 0) is 42.3 Å². The molecule has 0 unspecified atom stereocenters. The van der Waals surface area contributed by atoms with E-state index in [-0.39, 0.29) is 11.7 Å². The summed E-state index contributed by atoms with van der Waals surface area (Å²) in [5.41, 5.74) is 5.06. The Morgan fingerprint density at radius 3 is 2.41 bits per heavy atom. The summed E-state index contributed by atoms with van der Waals surface area (Å²) in [5, 5.41) is 0.585. The molecule has 0 bridgehead atoms. The Bertz CT molecular complexity index is 1210. The zero-order valence-corrected chi connectivity index (χ0v) is 19.9. The predicted octanol–water partition coefficient (Wildman–Crippen LogP) is 5.11. The Balaban J connectivity index is 1.68. The molecule has 0 aliphatic carbocycles. The van der Waals surface area contributed by atoms with Crippen LogP contribution in [0.1, 0.15) is 28.2 Å². The van der Waals surface area contributed by atoms with Crippen LogP contribution in [0.3, 0.4) is 0 Å². The van der Waals surface area contributed by atoms with Gasteiger partial charge in [0.2, 0.25) is 0 Å². The maximum absolute atomic E-state index is 13.8. The van der Waals surface area contributed by atoms with Gasteiger partial charge in [-0.25, -0.2) is 4.39 Å². The molecule has 5 heteroatoms. The van der Waals surface area contributed by atoms with Crippen LogP contribution >= 0.6 is 11.6 Å². The number of hydrogen-bond donors (Lipinski definition) is 1. The smallest absolute Gasteiger partial charge is 0.153 e. The van der Waals surface area contributed by atoms with Crippen LogP contribution in [0.5, 0.6) is 5.75 Å². The van der Waals surface area contributed by atoms with E-state index in [9.17, 15) is 4.39 Å². The number of benzene rings is 3. The van der Waals surface area contributed by atoms with E-state index in [2.05, 4.69) is 31.2 Å². The molecule has 3 aromatic rings. The Hall–Kier alpha value is -2.92. The molecule has 1 atom stereocenters. The second-order valence-electron chi connectivity index (χ2n) is 8.86. The lowest BCUT2D eigenvalue weighted by Gasteiger charge is -2.24. The van der Waals surface area contributed by atoms with Crippen LogP contribution in [0.15, 0.2) is 89.5 Å². The first kappa shape index (κ1) is 22.9. The van der Waals surface area contributed by atoms with E-state index < -0.39 is 0 Å². The Morgan fingerprint density at radius 1 is 0.971 bits per heavy atom. The van der Waals surface area contributed by atoms with Crippen LogP contribution < -0.4 is 9.64 Å². The van der Waals surface area contributed by atoms with Crippen LogP contribution in [0.25, 0.3) is 5.76 Å². The maximum Gasteiger partial charge on any atom is 0.153 e. The highest BCUT2D eigenvalue weighted by molar-refractivity contribution is 6.35. The van der Waals surface area contributed by atoms with Crippen molar-refractivity contribution in [3.63, 3.8) is 0 Å². The van der Waals surface area contributed by atoms with Crippen LogP contribution in [0.4, 0.5) is 4.39 Å². The molecular formula is C29H28ClFNO2+. The van der Waals surface area contributed by atoms with Gasteiger partial charge in [0.1, 0.15) is 24.7 Å². The fourth-order valence-corrected chi connectivity index (χ4v) is 4.96. The van der Waals surface area contributed by atoms with Gasteiger partial charge < -0.3 is 14.4 Å². The number of quaternary nitrogens is 1. The van der Waals surface area contributed by atoms with Crippen molar-refractivity contribution in [1.29, 1.82) is 0 Å². The number of hydrogen-bond acceptors (Lipinski definition) is 2. The topological polar surface area (TPSA) is 22.9 Å². The van der Waals surface area contributed by atoms with E-state index in [0.717, 1.165) is 60.9 Å². The van der Waals surface area contributed by atoms with Crippen molar-refractivity contribution in [3.8, 4) is 5.75 Å². The SMILES string of the molecule is Cc1ccc(C2=C(Cl)/C(=C\C[NH+]3CCOCC3)[C@@H](c3ccc(F)cc3)c3ccccc3O2)cc1. The van der Waals surface area contributed by atoms with Crippen LogP contribution in [0, 0.1) is 12.7 Å². The molecule has 1 fully saturated rings. The molecular weight excluding hydrogens is 449 g/mol. The number of aryl methyl sites for hydroxylation is 1. The first-order valence-electron chi connectivity index (χ1n) is 11.7. The summed E-state index contributed by atoms with van der Waals surface area (Å²) in [4.78, 5) is 1.46. The fraction of sp³-hybridized carbons (Fsp3) is 0.241. The number of rotatable bonds is 4. The zero-order chi connectivity index (χ0) is 23.5. The van der Waals surface area contributed by atoms with Gasteiger partial charge in [0, 0.05) is 17.0 Å². The fourth-order valence-electron chi connectivity index (χ4n) is 4.62. The number of halogens is 2. The number of allylic oxidation sites excluding steroid dienone is 2. The first-order valence-corrected chi connectivity index (χ1v) is 12.1. The number of ether oxygens (including phenoxy) is 2. The van der Waals surface area contributed by atoms with E-state index in [0.29, 0.717) is 10.8 Å². The third-order valence-electron chi connectivity index (χ3n) is 6.53. The molecule has 1 N–H and O–H groups in total. The highest BCUT2D eigenvalue weighted by atomic mass is 35.5. The number of morpholine rings is 1. The standard InChI is InChI=1S/C29H27ClFNO2/c1-20-6-8-22(9-7-20)29-28(30)25(14-15-32-16-18-33-19-17-32)27(21-10-12-23(31)13-11-21)24-4-2-3-5-26(24)34-29/h2-14,27H,15-19H2,1H3/p+1/b25-14-/t27-/m0/s1. The highest BCUT2D eigenvalue weighted by Gasteiger charge is 2.31. The van der Waals surface area contributed by atoms with Crippen LogP contribution in [-0.2, 0) is 4.74 Å². The summed E-state index contributed by atoms with van der Waals surface area (Å²) in [6, 6.07) is 22.9. The van der Waals surface area contributed by atoms with Gasteiger partial charge in [-0.2, -0.15) is 0 Å².